The topological polar surface area (TPSA) is 176 Å². The lowest BCUT2D eigenvalue weighted by Crippen LogP contribution is -2.54. The first-order chi connectivity index (χ1) is 10.8. The Hall–Kier alpha value is -1.59. The number of carbonyl (C=O) groups excluding carboxylic acids is 1. The summed E-state index contributed by atoms with van der Waals surface area (Å²) >= 11 is 0. The van der Waals surface area contributed by atoms with Crippen molar-refractivity contribution in [1.82, 2.24) is 5.32 Å². The Morgan fingerprint density at radius 1 is 1.00 bits per heavy atom. The summed E-state index contributed by atoms with van der Waals surface area (Å²) in [5.74, 6) is -0.718. The van der Waals surface area contributed by atoms with Gasteiger partial charge in [-0.1, -0.05) is 12.1 Å². The molecule has 9 heteroatoms. The molecule has 0 aliphatic heterocycles. The molecule has 9 N–H and O–H groups in total. The van der Waals surface area contributed by atoms with Crippen LogP contribution in [0.25, 0.3) is 0 Å². The fourth-order valence-electron chi connectivity index (χ4n) is 1.82. The van der Waals surface area contributed by atoms with Gasteiger partial charge < -0.3 is 41.7 Å². The maximum absolute atomic E-state index is 11.9. The highest BCUT2D eigenvalue weighted by Crippen LogP contribution is 2.09. The van der Waals surface area contributed by atoms with Crippen molar-refractivity contribution in [3.05, 3.63) is 35.4 Å². The van der Waals surface area contributed by atoms with E-state index >= 15 is 0 Å². The Morgan fingerprint density at radius 3 is 2.04 bits per heavy atom. The third-order valence-corrected chi connectivity index (χ3v) is 3.34. The number of amides is 1. The van der Waals surface area contributed by atoms with Crippen LogP contribution < -0.4 is 11.1 Å². The number of rotatable bonds is 8. The minimum Gasteiger partial charge on any atom is -0.394 e. The van der Waals surface area contributed by atoms with Crippen molar-refractivity contribution in [3.63, 3.8) is 0 Å². The lowest BCUT2D eigenvalue weighted by atomic mass is 10.0. The van der Waals surface area contributed by atoms with Crippen LogP contribution in [0.3, 0.4) is 0 Å². The smallest absolute Gasteiger partial charge is 0.253 e. The molecule has 9 nitrogen and oxygen atoms in total. The fourth-order valence-corrected chi connectivity index (χ4v) is 1.82. The number of hydrogen-bond donors (Lipinski definition) is 8. The molecule has 1 unspecified atom stereocenters. The zero-order chi connectivity index (χ0) is 17.6. The van der Waals surface area contributed by atoms with Crippen LogP contribution in [0.5, 0.6) is 0 Å². The van der Waals surface area contributed by atoms with Crippen molar-refractivity contribution in [2.75, 3.05) is 6.61 Å². The number of aliphatic hydroxyl groups is 6. The Kier molecular flexibility index (Phi) is 7.52. The quantitative estimate of drug-likeness (QED) is 0.228. The standard InChI is InChI=1S/C14H22N2O7/c15-5-7-1-3-8(4-2-7)13(22)16-14(23)12(21)11(20)10(19)9(18)6-17/h1-4,9-12,14,17-21,23H,5-6,15H2,(H,16,22)/t9-,10-,11+,12-,14?/m1/s1. The molecular weight excluding hydrogens is 308 g/mol. The van der Waals surface area contributed by atoms with Gasteiger partial charge in [-0.3, -0.25) is 4.79 Å². The van der Waals surface area contributed by atoms with Gasteiger partial charge in [0, 0.05) is 12.1 Å². The van der Waals surface area contributed by atoms with Gasteiger partial charge in [-0.05, 0) is 17.7 Å². The third-order valence-electron chi connectivity index (χ3n) is 3.34. The highest BCUT2D eigenvalue weighted by molar-refractivity contribution is 5.94. The van der Waals surface area contributed by atoms with Gasteiger partial charge in [0.25, 0.3) is 5.91 Å². The van der Waals surface area contributed by atoms with E-state index in [0.717, 1.165) is 5.56 Å². The number of aliphatic hydroxyl groups excluding tert-OH is 6. The van der Waals surface area contributed by atoms with Crippen LogP contribution >= 0.6 is 0 Å². The lowest BCUT2D eigenvalue weighted by molar-refractivity contribution is -0.143. The van der Waals surface area contributed by atoms with Crippen LogP contribution in [0.1, 0.15) is 15.9 Å². The molecule has 0 radical (unpaired) electrons. The van der Waals surface area contributed by atoms with E-state index in [2.05, 4.69) is 0 Å². The van der Waals surface area contributed by atoms with Crippen LogP contribution in [0.4, 0.5) is 0 Å². The van der Waals surface area contributed by atoms with Crippen LogP contribution in [-0.2, 0) is 6.54 Å². The SMILES string of the molecule is NCc1ccc(C(=O)NC(O)[C@H](O)[C@@H](O)[C@H](O)[C@H](O)CO)cc1. The molecule has 1 rings (SSSR count). The largest absolute Gasteiger partial charge is 0.394 e. The molecule has 130 valence electrons. The molecule has 1 aromatic rings. The number of hydrogen-bond acceptors (Lipinski definition) is 8. The number of nitrogens with two attached hydrogens (primary N) is 1. The molecule has 0 fully saturated rings. The predicted molar refractivity (Wildman–Crippen MR) is 78.9 cm³/mol. The Bertz CT molecular complexity index is 496. The molecule has 1 amide bonds. The van der Waals surface area contributed by atoms with Crippen molar-refractivity contribution in [3.8, 4) is 0 Å². The average molecular weight is 330 g/mol. The Labute approximate surface area is 132 Å². The predicted octanol–water partition coefficient (Wildman–Crippen LogP) is -3.37. The summed E-state index contributed by atoms with van der Waals surface area (Å²) in [7, 11) is 0. The molecular formula is C14H22N2O7. The van der Waals surface area contributed by atoms with Gasteiger partial charge in [0.2, 0.25) is 0 Å². The molecule has 0 aliphatic rings. The van der Waals surface area contributed by atoms with Gasteiger partial charge in [-0.2, -0.15) is 0 Å². The Morgan fingerprint density at radius 2 is 1.57 bits per heavy atom. The Balaban J connectivity index is 2.65. The van der Waals surface area contributed by atoms with Crippen molar-refractivity contribution >= 4 is 5.91 Å². The lowest BCUT2D eigenvalue weighted by Gasteiger charge is -2.28. The summed E-state index contributed by atoms with van der Waals surface area (Å²) in [5, 5.41) is 58.4. The van der Waals surface area contributed by atoms with Gasteiger partial charge in [-0.15, -0.1) is 0 Å². The number of benzene rings is 1. The van der Waals surface area contributed by atoms with Crippen LogP contribution in [0.2, 0.25) is 0 Å². The number of nitrogens with one attached hydrogen (secondary N) is 1. The van der Waals surface area contributed by atoms with Crippen molar-refractivity contribution in [2.24, 2.45) is 5.73 Å². The molecule has 0 bridgehead atoms. The van der Waals surface area contributed by atoms with Crippen LogP contribution in [0.15, 0.2) is 24.3 Å². The van der Waals surface area contributed by atoms with Gasteiger partial charge in [0.15, 0.2) is 6.23 Å². The molecule has 1 aromatic carbocycles. The van der Waals surface area contributed by atoms with E-state index in [0.29, 0.717) is 6.54 Å². The second-order valence-electron chi connectivity index (χ2n) is 5.04. The minimum absolute atomic E-state index is 0.193. The monoisotopic (exact) mass is 330 g/mol. The zero-order valence-corrected chi connectivity index (χ0v) is 12.3. The van der Waals surface area contributed by atoms with E-state index in [-0.39, 0.29) is 5.56 Å². The highest BCUT2D eigenvalue weighted by Gasteiger charge is 2.34. The highest BCUT2D eigenvalue weighted by atomic mass is 16.4. The van der Waals surface area contributed by atoms with Crippen molar-refractivity contribution < 1.29 is 35.4 Å². The second-order valence-corrected chi connectivity index (χ2v) is 5.04. The molecule has 0 aromatic heterocycles. The zero-order valence-electron chi connectivity index (χ0n) is 12.3. The number of carbonyl (C=O) groups is 1. The van der Waals surface area contributed by atoms with E-state index in [1.807, 2.05) is 5.32 Å². The fraction of sp³-hybridized carbons (Fsp3) is 0.500. The summed E-state index contributed by atoms with van der Waals surface area (Å²) in [6.45, 7) is -0.540. The van der Waals surface area contributed by atoms with E-state index < -0.39 is 43.2 Å². The first-order valence-electron chi connectivity index (χ1n) is 6.92. The normalized spacial score (nSPS) is 17.9. The summed E-state index contributed by atoms with van der Waals surface area (Å²) in [6.07, 6.45) is -9.45. The molecule has 5 atom stereocenters. The molecule has 0 aliphatic carbocycles. The molecule has 0 saturated heterocycles. The van der Waals surface area contributed by atoms with E-state index in [4.69, 9.17) is 10.8 Å². The van der Waals surface area contributed by atoms with Gasteiger partial charge >= 0.3 is 0 Å². The van der Waals surface area contributed by atoms with Gasteiger partial charge in [0.05, 0.1) is 6.61 Å². The maximum Gasteiger partial charge on any atom is 0.253 e. The molecule has 0 saturated carbocycles. The second kappa shape index (κ2) is 8.89. The molecule has 23 heavy (non-hydrogen) atoms. The molecule has 0 heterocycles. The minimum atomic E-state index is -1.98. The third kappa shape index (κ3) is 5.22. The summed E-state index contributed by atoms with van der Waals surface area (Å²) in [5.41, 5.74) is 6.43. The summed E-state index contributed by atoms with van der Waals surface area (Å²) in [4.78, 5) is 11.9. The van der Waals surface area contributed by atoms with E-state index in [1.54, 1.807) is 12.1 Å². The average Bonchev–Trinajstić information content (AvgIpc) is 2.58. The maximum atomic E-state index is 11.9. The molecule has 0 spiro atoms. The van der Waals surface area contributed by atoms with Gasteiger partial charge in [0.1, 0.15) is 24.4 Å². The van der Waals surface area contributed by atoms with Crippen LogP contribution in [0, 0.1) is 0 Å². The van der Waals surface area contributed by atoms with Gasteiger partial charge in [-0.25, -0.2) is 0 Å². The summed E-state index contributed by atoms with van der Waals surface area (Å²) < 4.78 is 0. The van der Waals surface area contributed by atoms with Crippen molar-refractivity contribution in [1.29, 1.82) is 0 Å². The first-order valence-corrected chi connectivity index (χ1v) is 6.92. The van der Waals surface area contributed by atoms with E-state index in [1.165, 1.54) is 12.1 Å². The van der Waals surface area contributed by atoms with E-state index in [9.17, 15) is 30.3 Å². The van der Waals surface area contributed by atoms with Crippen LogP contribution in [-0.4, -0.2) is 73.8 Å². The summed E-state index contributed by atoms with van der Waals surface area (Å²) in [6, 6.07) is 6.18. The first kappa shape index (κ1) is 19.5. The van der Waals surface area contributed by atoms with Crippen molar-refractivity contribution in [2.45, 2.75) is 37.2 Å².